The molecule has 4 nitrogen and oxygen atoms in total. The molecule has 0 saturated carbocycles. The van der Waals surface area contributed by atoms with E-state index in [2.05, 4.69) is 36.3 Å². The molecule has 1 fully saturated rings. The highest BCUT2D eigenvalue weighted by Crippen LogP contribution is 2.33. The third kappa shape index (κ3) is 2.91. The second kappa shape index (κ2) is 6.02. The first-order valence-electron chi connectivity index (χ1n) is 7.56. The smallest absolute Gasteiger partial charge is 0.231 e. The van der Waals surface area contributed by atoms with Gasteiger partial charge in [0.05, 0.1) is 0 Å². The summed E-state index contributed by atoms with van der Waals surface area (Å²) in [6, 6.07) is 7.60. The number of aryl methyl sites for hydroxylation is 1. The van der Waals surface area contributed by atoms with Gasteiger partial charge in [0.25, 0.3) is 0 Å². The van der Waals surface area contributed by atoms with Crippen LogP contribution in [0.1, 0.15) is 25.3 Å². The lowest BCUT2D eigenvalue weighted by atomic mass is 10.0. The Hall–Kier alpha value is -1.26. The quantitative estimate of drug-likeness (QED) is 0.892. The van der Waals surface area contributed by atoms with Crippen LogP contribution in [0.3, 0.4) is 0 Å². The van der Waals surface area contributed by atoms with Crippen LogP contribution >= 0.6 is 0 Å². The molecule has 1 saturated heterocycles. The number of hydrogen-bond acceptors (Lipinski definition) is 4. The van der Waals surface area contributed by atoms with Crippen molar-refractivity contribution < 1.29 is 9.47 Å². The van der Waals surface area contributed by atoms with Crippen molar-refractivity contribution >= 4 is 0 Å². The predicted octanol–water partition coefficient (Wildman–Crippen LogP) is 2.03. The van der Waals surface area contributed by atoms with Crippen LogP contribution in [0.25, 0.3) is 0 Å². The molecule has 2 heterocycles. The van der Waals surface area contributed by atoms with Gasteiger partial charge in [0.2, 0.25) is 6.79 Å². The molecule has 2 aliphatic heterocycles. The van der Waals surface area contributed by atoms with Gasteiger partial charge in [0.15, 0.2) is 11.5 Å². The van der Waals surface area contributed by atoms with Gasteiger partial charge in [-0.3, -0.25) is 4.90 Å². The van der Waals surface area contributed by atoms with Crippen molar-refractivity contribution in [2.24, 2.45) is 0 Å². The van der Waals surface area contributed by atoms with Crippen molar-refractivity contribution in [2.75, 3.05) is 26.9 Å². The van der Waals surface area contributed by atoms with Crippen molar-refractivity contribution in [1.82, 2.24) is 10.2 Å². The fourth-order valence-electron chi connectivity index (χ4n) is 3.08. The van der Waals surface area contributed by atoms with Crippen molar-refractivity contribution in [3.8, 4) is 11.5 Å². The van der Waals surface area contributed by atoms with E-state index in [1.54, 1.807) is 0 Å². The van der Waals surface area contributed by atoms with Gasteiger partial charge in [-0.2, -0.15) is 0 Å². The van der Waals surface area contributed by atoms with Crippen LogP contribution in [0.5, 0.6) is 11.5 Å². The largest absolute Gasteiger partial charge is 0.454 e. The number of likely N-dealkylation sites (N-methyl/N-ethyl adjacent to an activating group) is 1. The molecule has 1 aromatic carbocycles. The van der Waals surface area contributed by atoms with Crippen LogP contribution in [-0.4, -0.2) is 43.9 Å². The molecule has 1 N–H and O–H groups in total. The third-order valence-corrected chi connectivity index (χ3v) is 4.54. The highest BCUT2D eigenvalue weighted by Gasteiger charge is 2.24. The molecule has 3 rings (SSSR count). The highest BCUT2D eigenvalue weighted by molar-refractivity contribution is 5.44. The zero-order valence-electron chi connectivity index (χ0n) is 12.4. The first kappa shape index (κ1) is 13.7. The topological polar surface area (TPSA) is 33.7 Å². The van der Waals surface area contributed by atoms with Gasteiger partial charge in [-0.1, -0.05) is 6.07 Å². The monoisotopic (exact) mass is 276 g/mol. The summed E-state index contributed by atoms with van der Waals surface area (Å²) in [4.78, 5) is 2.59. The molecule has 0 spiro atoms. The standard InChI is InChI=1S/C16H24N2O2/c1-12(18-8-7-14(10-18)17-2)3-4-13-5-6-15-16(9-13)20-11-19-15/h5-6,9,12,14,17H,3-4,7-8,10-11H2,1-2H3/t12-,14-/m0/s1. The van der Waals surface area contributed by atoms with E-state index in [-0.39, 0.29) is 0 Å². The fourth-order valence-corrected chi connectivity index (χ4v) is 3.08. The average Bonchev–Trinajstić information content (AvgIpc) is 3.12. The minimum atomic E-state index is 0.356. The average molecular weight is 276 g/mol. The van der Waals surface area contributed by atoms with Crippen molar-refractivity contribution in [3.05, 3.63) is 23.8 Å². The number of fused-ring (bicyclic) bond motifs is 1. The number of likely N-dealkylation sites (tertiary alicyclic amines) is 1. The Bertz CT molecular complexity index is 464. The Morgan fingerprint density at radius 3 is 3.00 bits per heavy atom. The van der Waals surface area contributed by atoms with E-state index in [0.717, 1.165) is 17.9 Å². The van der Waals surface area contributed by atoms with E-state index < -0.39 is 0 Å². The van der Waals surface area contributed by atoms with Gasteiger partial charge in [-0.15, -0.1) is 0 Å². The van der Waals surface area contributed by atoms with Crippen LogP contribution in [0.4, 0.5) is 0 Å². The number of benzene rings is 1. The van der Waals surface area contributed by atoms with Crippen LogP contribution < -0.4 is 14.8 Å². The summed E-state index contributed by atoms with van der Waals surface area (Å²) >= 11 is 0. The number of hydrogen-bond donors (Lipinski definition) is 1. The maximum Gasteiger partial charge on any atom is 0.231 e. The summed E-state index contributed by atoms with van der Waals surface area (Å²) in [7, 11) is 2.06. The Morgan fingerprint density at radius 2 is 2.20 bits per heavy atom. The number of ether oxygens (including phenoxy) is 2. The summed E-state index contributed by atoms with van der Waals surface area (Å²) in [5, 5.41) is 3.38. The molecular formula is C16H24N2O2. The Morgan fingerprint density at radius 1 is 1.35 bits per heavy atom. The maximum atomic E-state index is 5.43. The van der Waals surface area contributed by atoms with E-state index in [9.17, 15) is 0 Å². The van der Waals surface area contributed by atoms with Crippen molar-refractivity contribution in [1.29, 1.82) is 0 Å². The Balaban J connectivity index is 1.52. The number of rotatable bonds is 5. The molecule has 2 atom stereocenters. The summed E-state index contributed by atoms with van der Waals surface area (Å²) in [6.45, 7) is 5.09. The number of nitrogens with one attached hydrogen (secondary N) is 1. The molecular weight excluding hydrogens is 252 g/mol. The molecule has 110 valence electrons. The van der Waals surface area contributed by atoms with Crippen LogP contribution in [0.15, 0.2) is 18.2 Å². The van der Waals surface area contributed by atoms with Gasteiger partial charge in [-0.05, 0) is 50.9 Å². The van der Waals surface area contributed by atoms with Gasteiger partial charge in [0, 0.05) is 25.2 Å². The SMILES string of the molecule is CN[C@H]1CCN([C@@H](C)CCc2ccc3c(c2)OCO3)C1. The summed E-state index contributed by atoms with van der Waals surface area (Å²) in [5.41, 5.74) is 1.34. The fraction of sp³-hybridized carbons (Fsp3) is 0.625. The van der Waals surface area contributed by atoms with Crippen molar-refractivity contribution in [3.63, 3.8) is 0 Å². The van der Waals surface area contributed by atoms with Crippen LogP contribution in [0, 0.1) is 0 Å². The lowest BCUT2D eigenvalue weighted by molar-refractivity contribution is 0.174. The number of nitrogens with zero attached hydrogens (tertiary/aromatic N) is 1. The van der Waals surface area contributed by atoms with Crippen molar-refractivity contribution in [2.45, 2.75) is 38.3 Å². The predicted molar refractivity (Wildman–Crippen MR) is 79.4 cm³/mol. The molecule has 20 heavy (non-hydrogen) atoms. The second-order valence-electron chi connectivity index (χ2n) is 5.84. The minimum absolute atomic E-state index is 0.356. The van der Waals surface area contributed by atoms with E-state index >= 15 is 0 Å². The molecule has 0 aromatic heterocycles. The van der Waals surface area contributed by atoms with Gasteiger partial charge in [0.1, 0.15) is 0 Å². The second-order valence-corrected chi connectivity index (χ2v) is 5.84. The molecule has 0 aliphatic carbocycles. The first-order valence-corrected chi connectivity index (χ1v) is 7.56. The van der Waals surface area contributed by atoms with E-state index in [0.29, 0.717) is 18.9 Å². The lowest BCUT2D eigenvalue weighted by Gasteiger charge is -2.24. The minimum Gasteiger partial charge on any atom is -0.454 e. The van der Waals surface area contributed by atoms with E-state index in [1.165, 1.54) is 31.5 Å². The Labute approximate surface area is 121 Å². The molecule has 1 aromatic rings. The summed E-state index contributed by atoms with van der Waals surface area (Å²) in [5.74, 6) is 1.77. The molecule has 4 heteroatoms. The lowest BCUT2D eigenvalue weighted by Crippen LogP contribution is -2.35. The first-order chi connectivity index (χ1) is 9.76. The van der Waals surface area contributed by atoms with E-state index in [1.807, 2.05) is 6.07 Å². The van der Waals surface area contributed by atoms with Gasteiger partial charge < -0.3 is 14.8 Å². The molecule has 0 bridgehead atoms. The Kier molecular flexibility index (Phi) is 4.13. The van der Waals surface area contributed by atoms with E-state index in [4.69, 9.17) is 9.47 Å². The van der Waals surface area contributed by atoms with Crippen LogP contribution in [0.2, 0.25) is 0 Å². The zero-order chi connectivity index (χ0) is 13.9. The van der Waals surface area contributed by atoms with Gasteiger partial charge in [-0.25, -0.2) is 0 Å². The zero-order valence-corrected chi connectivity index (χ0v) is 12.4. The summed E-state index contributed by atoms with van der Waals surface area (Å²) < 4.78 is 10.8. The highest BCUT2D eigenvalue weighted by atomic mass is 16.7. The van der Waals surface area contributed by atoms with Gasteiger partial charge >= 0.3 is 0 Å². The molecule has 2 aliphatic rings. The van der Waals surface area contributed by atoms with Crippen LogP contribution in [-0.2, 0) is 6.42 Å². The molecule has 0 unspecified atom stereocenters. The normalized spacial score (nSPS) is 23.2. The maximum absolute atomic E-state index is 5.43. The third-order valence-electron chi connectivity index (χ3n) is 4.54. The molecule has 0 radical (unpaired) electrons. The molecule has 0 amide bonds. The summed E-state index contributed by atoms with van der Waals surface area (Å²) in [6.07, 6.45) is 3.56.